The quantitative estimate of drug-likeness (QED) is 0.897. The van der Waals surface area contributed by atoms with E-state index in [1.807, 2.05) is 11.9 Å². The molecule has 1 aliphatic heterocycles. The summed E-state index contributed by atoms with van der Waals surface area (Å²) in [5, 5.41) is 2.84. The molecule has 1 N–H and O–H groups in total. The first-order chi connectivity index (χ1) is 9.15. The van der Waals surface area contributed by atoms with E-state index in [0.717, 1.165) is 32.5 Å². The zero-order valence-electron chi connectivity index (χ0n) is 11.9. The fourth-order valence-electron chi connectivity index (χ4n) is 2.52. The summed E-state index contributed by atoms with van der Waals surface area (Å²) in [5.74, 6) is 0.475. The molecule has 0 bridgehead atoms. The molecule has 19 heavy (non-hydrogen) atoms. The van der Waals surface area contributed by atoms with Gasteiger partial charge in [-0.05, 0) is 19.4 Å². The van der Waals surface area contributed by atoms with Gasteiger partial charge in [-0.15, -0.1) is 0 Å². The van der Waals surface area contributed by atoms with Gasteiger partial charge in [-0.2, -0.15) is 4.98 Å². The van der Waals surface area contributed by atoms with Gasteiger partial charge in [0.15, 0.2) is 11.6 Å². The van der Waals surface area contributed by atoms with E-state index < -0.39 is 0 Å². The zero-order chi connectivity index (χ0) is 13.8. The number of hydrogen-bond acceptors (Lipinski definition) is 5. The average molecular weight is 267 g/mol. The van der Waals surface area contributed by atoms with Crippen LogP contribution >= 0.6 is 0 Å². The van der Waals surface area contributed by atoms with Crippen molar-refractivity contribution in [3.8, 4) is 0 Å². The number of nitrogens with one attached hydrogen (secondary N) is 1. The monoisotopic (exact) mass is 267 g/mol. The molecule has 0 radical (unpaired) electrons. The van der Waals surface area contributed by atoms with Crippen LogP contribution in [0.2, 0.25) is 0 Å². The SMILES string of the molecule is CCN1CCC(N(C)c2nc(NC)ncc2F)CC1. The van der Waals surface area contributed by atoms with Crippen LogP contribution in [0.4, 0.5) is 16.2 Å². The summed E-state index contributed by atoms with van der Waals surface area (Å²) in [7, 11) is 3.65. The first-order valence-electron chi connectivity index (χ1n) is 6.81. The van der Waals surface area contributed by atoms with Gasteiger partial charge in [0.25, 0.3) is 0 Å². The third-order valence-corrected chi connectivity index (χ3v) is 3.84. The molecule has 1 saturated heterocycles. The highest BCUT2D eigenvalue weighted by Crippen LogP contribution is 2.23. The van der Waals surface area contributed by atoms with E-state index in [9.17, 15) is 4.39 Å². The van der Waals surface area contributed by atoms with Crippen molar-refractivity contribution in [1.82, 2.24) is 14.9 Å². The number of anilines is 2. The second-order valence-electron chi connectivity index (χ2n) is 4.89. The maximum Gasteiger partial charge on any atom is 0.224 e. The molecule has 0 atom stereocenters. The van der Waals surface area contributed by atoms with Crippen LogP contribution in [0.15, 0.2) is 6.20 Å². The Morgan fingerprint density at radius 3 is 2.74 bits per heavy atom. The molecule has 1 aromatic heterocycles. The molecule has 0 aromatic carbocycles. The van der Waals surface area contributed by atoms with E-state index in [0.29, 0.717) is 17.8 Å². The Balaban J connectivity index is 2.09. The highest BCUT2D eigenvalue weighted by Gasteiger charge is 2.24. The number of likely N-dealkylation sites (tertiary alicyclic amines) is 1. The molecule has 1 aromatic rings. The van der Waals surface area contributed by atoms with Gasteiger partial charge in [-0.25, -0.2) is 9.37 Å². The van der Waals surface area contributed by atoms with Gasteiger partial charge in [0.05, 0.1) is 6.20 Å². The van der Waals surface area contributed by atoms with E-state index in [1.165, 1.54) is 6.20 Å². The number of rotatable bonds is 4. The fourth-order valence-corrected chi connectivity index (χ4v) is 2.52. The lowest BCUT2D eigenvalue weighted by Crippen LogP contribution is -2.43. The first kappa shape index (κ1) is 14.0. The van der Waals surface area contributed by atoms with Gasteiger partial charge in [-0.3, -0.25) is 0 Å². The van der Waals surface area contributed by atoms with Crippen LogP contribution < -0.4 is 10.2 Å². The largest absolute Gasteiger partial charge is 0.357 e. The second kappa shape index (κ2) is 6.14. The van der Waals surface area contributed by atoms with E-state index in [2.05, 4.69) is 27.1 Å². The van der Waals surface area contributed by atoms with Gasteiger partial charge in [0, 0.05) is 33.2 Å². The molecular formula is C13H22FN5. The van der Waals surface area contributed by atoms with Crippen LogP contribution in [-0.4, -0.2) is 54.6 Å². The first-order valence-corrected chi connectivity index (χ1v) is 6.81. The van der Waals surface area contributed by atoms with E-state index >= 15 is 0 Å². The Labute approximate surface area is 113 Å². The van der Waals surface area contributed by atoms with Crippen LogP contribution in [0.3, 0.4) is 0 Å². The Morgan fingerprint density at radius 2 is 2.16 bits per heavy atom. The number of aromatic nitrogens is 2. The third-order valence-electron chi connectivity index (χ3n) is 3.84. The van der Waals surface area contributed by atoms with Crippen LogP contribution in [-0.2, 0) is 0 Å². The molecule has 0 unspecified atom stereocenters. The van der Waals surface area contributed by atoms with Gasteiger partial charge in [0.2, 0.25) is 5.95 Å². The summed E-state index contributed by atoms with van der Waals surface area (Å²) in [4.78, 5) is 12.5. The lowest BCUT2D eigenvalue weighted by Gasteiger charge is -2.36. The minimum atomic E-state index is -0.362. The molecule has 1 aliphatic rings. The maximum atomic E-state index is 13.8. The summed E-state index contributed by atoms with van der Waals surface area (Å²) in [6.07, 6.45) is 3.32. The molecule has 2 rings (SSSR count). The normalized spacial score (nSPS) is 17.5. The lowest BCUT2D eigenvalue weighted by atomic mass is 10.0. The molecule has 1 fully saturated rings. The van der Waals surface area contributed by atoms with Crippen LogP contribution in [0, 0.1) is 5.82 Å². The van der Waals surface area contributed by atoms with Crippen LogP contribution in [0.1, 0.15) is 19.8 Å². The minimum absolute atomic E-state index is 0.344. The molecule has 6 heteroatoms. The summed E-state index contributed by atoms with van der Waals surface area (Å²) in [5.41, 5.74) is 0. The Hall–Kier alpha value is -1.43. The third kappa shape index (κ3) is 3.12. The predicted molar refractivity (Wildman–Crippen MR) is 75.1 cm³/mol. The number of halogens is 1. The predicted octanol–water partition coefficient (Wildman–Crippen LogP) is 1.58. The number of hydrogen-bond donors (Lipinski definition) is 1. The zero-order valence-corrected chi connectivity index (χ0v) is 11.9. The Bertz CT molecular complexity index is 417. The highest BCUT2D eigenvalue weighted by atomic mass is 19.1. The van der Waals surface area contributed by atoms with Crippen molar-refractivity contribution in [2.75, 3.05) is 43.9 Å². The van der Waals surface area contributed by atoms with Crippen molar-refractivity contribution in [3.63, 3.8) is 0 Å². The van der Waals surface area contributed by atoms with E-state index in [4.69, 9.17) is 0 Å². The summed E-state index contributed by atoms with van der Waals surface area (Å²) in [6, 6.07) is 0.344. The molecular weight excluding hydrogens is 245 g/mol. The molecule has 0 saturated carbocycles. The van der Waals surface area contributed by atoms with Gasteiger partial charge < -0.3 is 15.1 Å². The average Bonchev–Trinajstić information content (AvgIpc) is 2.47. The van der Waals surface area contributed by atoms with Crippen molar-refractivity contribution in [3.05, 3.63) is 12.0 Å². The smallest absolute Gasteiger partial charge is 0.224 e. The highest BCUT2D eigenvalue weighted by molar-refractivity contribution is 5.44. The van der Waals surface area contributed by atoms with Crippen molar-refractivity contribution in [2.45, 2.75) is 25.8 Å². The number of piperidine rings is 1. The topological polar surface area (TPSA) is 44.3 Å². The fraction of sp³-hybridized carbons (Fsp3) is 0.692. The van der Waals surface area contributed by atoms with Crippen LogP contribution in [0.5, 0.6) is 0 Å². The van der Waals surface area contributed by atoms with Gasteiger partial charge in [0.1, 0.15) is 0 Å². The lowest BCUT2D eigenvalue weighted by molar-refractivity contribution is 0.220. The van der Waals surface area contributed by atoms with Crippen LogP contribution in [0.25, 0.3) is 0 Å². The molecule has 0 aliphatic carbocycles. The molecule has 106 valence electrons. The van der Waals surface area contributed by atoms with Crippen molar-refractivity contribution >= 4 is 11.8 Å². The Kier molecular flexibility index (Phi) is 4.52. The van der Waals surface area contributed by atoms with Gasteiger partial charge >= 0.3 is 0 Å². The van der Waals surface area contributed by atoms with Gasteiger partial charge in [-0.1, -0.05) is 6.92 Å². The summed E-state index contributed by atoms with van der Waals surface area (Å²) in [6.45, 7) is 5.39. The van der Waals surface area contributed by atoms with Crippen molar-refractivity contribution in [1.29, 1.82) is 0 Å². The summed E-state index contributed by atoms with van der Waals surface area (Å²) < 4.78 is 13.8. The molecule has 0 amide bonds. The Morgan fingerprint density at radius 1 is 1.47 bits per heavy atom. The van der Waals surface area contributed by atoms with E-state index in [-0.39, 0.29) is 5.82 Å². The van der Waals surface area contributed by atoms with E-state index in [1.54, 1.807) is 7.05 Å². The molecule has 2 heterocycles. The molecule has 5 nitrogen and oxygen atoms in total. The number of nitrogens with zero attached hydrogens (tertiary/aromatic N) is 4. The summed E-state index contributed by atoms with van der Waals surface area (Å²) >= 11 is 0. The van der Waals surface area contributed by atoms with Crippen molar-refractivity contribution in [2.24, 2.45) is 0 Å². The minimum Gasteiger partial charge on any atom is -0.357 e. The molecule has 0 spiro atoms. The van der Waals surface area contributed by atoms with Crippen molar-refractivity contribution < 1.29 is 4.39 Å². The second-order valence-corrected chi connectivity index (χ2v) is 4.89. The maximum absolute atomic E-state index is 13.8. The standard InChI is InChI=1S/C13H22FN5/c1-4-19-7-5-10(6-8-19)18(3)12-11(14)9-16-13(15-2)17-12/h9-10H,4-8H2,1-3H3,(H,15,16,17).